The summed E-state index contributed by atoms with van der Waals surface area (Å²) in [6.45, 7) is 3.58. The molecule has 4 atom stereocenters. The molecule has 2 rings (SSSR count). The van der Waals surface area contributed by atoms with E-state index in [9.17, 15) is 20.1 Å². The molecule has 0 spiro atoms. The number of aliphatic hydroxyl groups is 3. The number of hydrogen-bond donors (Lipinski definition) is 3. The van der Waals surface area contributed by atoms with Gasteiger partial charge in [-0.05, 0) is 19.9 Å². The van der Waals surface area contributed by atoms with Crippen molar-refractivity contribution in [3.05, 3.63) is 23.3 Å². The van der Waals surface area contributed by atoms with Gasteiger partial charge in [0.15, 0.2) is 11.9 Å². The summed E-state index contributed by atoms with van der Waals surface area (Å²) in [4.78, 5) is 11.7. The van der Waals surface area contributed by atoms with E-state index in [1.807, 2.05) is 0 Å². The van der Waals surface area contributed by atoms with Gasteiger partial charge in [0, 0.05) is 5.57 Å². The van der Waals surface area contributed by atoms with Crippen LogP contribution in [0.5, 0.6) is 0 Å². The second-order valence-corrected chi connectivity index (χ2v) is 4.37. The molecule has 1 fully saturated rings. The van der Waals surface area contributed by atoms with E-state index in [-0.39, 0.29) is 5.57 Å². The second-order valence-electron chi connectivity index (χ2n) is 4.37. The average Bonchev–Trinajstić information content (AvgIpc) is 2.85. The molecule has 0 saturated carbocycles. The third-order valence-electron chi connectivity index (χ3n) is 2.72. The van der Waals surface area contributed by atoms with Crippen LogP contribution in [-0.4, -0.2) is 45.2 Å². The Labute approximate surface area is 92.7 Å². The summed E-state index contributed by atoms with van der Waals surface area (Å²) in [5.74, 6) is -2.25. The highest BCUT2D eigenvalue weighted by Gasteiger charge is 2.67. The number of carbonyl (C=O) groups is 1. The molecule has 16 heavy (non-hydrogen) atoms. The SMILES string of the molecule is CC(C)=C[C@H](O)C1=C[C@@H](O)[C@]2(O)O[C@@H]2C1=O. The molecule has 0 aromatic rings. The predicted molar refractivity (Wildman–Crippen MR) is 54.4 cm³/mol. The first kappa shape index (κ1) is 11.5. The zero-order valence-corrected chi connectivity index (χ0v) is 9.04. The number of epoxide rings is 1. The second kappa shape index (κ2) is 3.49. The summed E-state index contributed by atoms with van der Waals surface area (Å²) >= 11 is 0. The molecule has 1 saturated heterocycles. The van der Waals surface area contributed by atoms with Gasteiger partial charge in [-0.15, -0.1) is 0 Å². The van der Waals surface area contributed by atoms with Crippen molar-refractivity contribution in [2.75, 3.05) is 0 Å². The summed E-state index contributed by atoms with van der Waals surface area (Å²) in [6, 6.07) is 0. The number of fused-ring (bicyclic) bond motifs is 1. The van der Waals surface area contributed by atoms with Crippen LogP contribution in [0, 0.1) is 0 Å². The Morgan fingerprint density at radius 3 is 2.81 bits per heavy atom. The highest BCUT2D eigenvalue weighted by Crippen LogP contribution is 2.43. The lowest BCUT2D eigenvalue weighted by molar-refractivity contribution is -0.118. The zero-order valence-electron chi connectivity index (χ0n) is 9.04. The van der Waals surface area contributed by atoms with Crippen LogP contribution in [0.25, 0.3) is 0 Å². The fraction of sp³-hybridized carbons (Fsp3) is 0.545. The largest absolute Gasteiger partial charge is 0.384 e. The van der Waals surface area contributed by atoms with Gasteiger partial charge in [-0.25, -0.2) is 0 Å². The van der Waals surface area contributed by atoms with Crippen LogP contribution in [0.15, 0.2) is 23.3 Å². The van der Waals surface area contributed by atoms with Crippen molar-refractivity contribution in [3.8, 4) is 0 Å². The van der Waals surface area contributed by atoms with Gasteiger partial charge in [0.1, 0.15) is 12.2 Å². The molecule has 5 heteroatoms. The van der Waals surface area contributed by atoms with Gasteiger partial charge in [0.05, 0.1) is 0 Å². The van der Waals surface area contributed by atoms with Crippen molar-refractivity contribution >= 4 is 5.78 Å². The first-order chi connectivity index (χ1) is 7.36. The van der Waals surface area contributed by atoms with E-state index in [0.29, 0.717) is 0 Å². The highest BCUT2D eigenvalue weighted by atomic mass is 16.7. The van der Waals surface area contributed by atoms with Crippen LogP contribution in [0.1, 0.15) is 13.8 Å². The molecule has 1 heterocycles. The van der Waals surface area contributed by atoms with E-state index < -0.39 is 29.9 Å². The van der Waals surface area contributed by atoms with E-state index in [1.165, 1.54) is 6.08 Å². The van der Waals surface area contributed by atoms with Crippen molar-refractivity contribution in [1.82, 2.24) is 0 Å². The summed E-state index contributed by atoms with van der Waals surface area (Å²) in [6.07, 6.45) is -0.729. The maximum Gasteiger partial charge on any atom is 0.231 e. The molecule has 0 unspecified atom stereocenters. The fourth-order valence-electron chi connectivity index (χ4n) is 1.79. The van der Waals surface area contributed by atoms with E-state index in [0.717, 1.165) is 11.6 Å². The molecule has 0 aromatic heterocycles. The first-order valence-corrected chi connectivity index (χ1v) is 5.03. The Morgan fingerprint density at radius 1 is 1.62 bits per heavy atom. The van der Waals surface area contributed by atoms with Crippen molar-refractivity contribution < 1.29 is 24.9 Å². The van der Waals surface area contributed by atoms with Crippen molar-refractivity contribution in [3.63, 3.8) is 0 Å². The van der Waals surface area contributed by atoms with Crippen LogP contribution >= 0.6 is 0 Å². The molecule has 0 radical (unpaired) electrons. The molecular formula is C11H14O5. The summed E-state index contributed by atoms with van der Waals surface area (Å²) < 4.78 is 4.75. The minimum Gasteiger partial charge on any atom is -0.384 e. The van der Waals surface area contributed by atoms with Crippen LogP contribution in [0.3, 0.4) is 0 Å². The topological polar surface area (TPSA) is 90.3 Å². The normalized spacial score (nSPS) is 38.6. The predicted octanol–water partition coefficient (Wildman–Crippen LogP) is -0.729. The zero-order chi connectivity index (χ0) is 12.1. The third-order valence-corrected chi connectivity index (χ3v) is 2.72. The number of Topliss-reactive ketones (excluding diaryl/α,β-unsaturated/α-hetero) is 1. The van der Waals surface area contributed by atoms with Gasteiger partial charge < -0.3 is 20.1 Å². The molecule has 0 aromatic carbocycles. The van der Waals surface area contributed by atoms with Crippen molar-refractivity contribution in [2.45, 2.75) is 37.9 Å². The van der Waals surface area contributed by atoms with Gasteiger partial charge in [0.2, 0.25) is 5.79 Å². The van der Waals surface area contributed by atoms with Gasteiger partial charge in [-0.3, -0.25) is 4.79 Å². The number of carbonyl (C=O) groups excluding carboxylic acids is 1. The van der Waals surface area contributed by atoms with Gasteiger partial charge in [-0.1, -0.05) is 11.6 Å². The maximum absolute atomic E-state index is 11.7. The average molecular weight is 226 g/mol. The molecule has 2 aliphatic rings. The number of ether oxygens (including phenoxy) is 1. The molecule has 88 valence electrons. The van der Waals surface area contributed by atoms with Gasteiger partial charge >= 0.3 is 0 Å². The molecule has 1 aliphatic carbocycles. The van der Waals surface area contributed by atoms with E-state index in [1.54, 1.807) is 13.8 Å². The number of hydrogen-bond acceptors (Lipinski definition) is 5. The number of allylic oxidation sites excluding steroid dienone is 1. The fourth-order valence-corrected chi connectivity index (χ4v) is 1.79. The first-order valence-electron chi connectivity index (χ1n) is 5.03. The molecule has 5 nitrogen and oxygen atoms in total. The molecular weight excluding hydrogens is 212 g/mol. The Bertz CT molecular complexity index is 393. The Kier molecular flexibility index (Phi) is 2.51. The van der Waals surface area contributed by atoms with Crippen LogP contribution in [-0.2, 0) is 9.53 Å². The minimum atomic E-state index is -1.77. The van der Waals surface area contributed by atoms with Crippen molar-refractivity contribution in [2.24, 2.45) is 0 Å². The smallest absolute Gasteiger partial charge is 0.231 e. The number of aliphatic hydroxyl groups excluding tert-OH is 2. The monoisotopic (exact) mass is 226 g/mol. The lowest BCUT2D eigenvalue weighted by Gasteiger charge is -2.19. The highest BCUT2D eigenvalue weighted by molar-refractivity contribution is 6.03. The summed E-state index contributed by atoms with van der Waals surface area (Å²) in [5, 5.41) is 28.8. The molecule has 3 N–H and O–H groups in total. The van der Waals surface area contributed by atoms with Crippen molar-refractivity contribution in [1.29, 1.82) is 0 Å². The number of ketones is 1. The van der Waals surface area contributed by atoms with E-state index in [2.05, 4.69) is 0 Å². The van der Waals surface area contributed by atoms with Gasteiger partial charge in [-0.2, -0.15) is 0 Å². The summed E-state index contributed by atoms with van der Waals surface area (Å²) in [7, 11) is 0. The van der Waals surface area contributed by atoms with E-state index >= 15 is 0 Å². The Balaban J connectivity index is 2.26. The Hall–Kier alpha value is -1.01. The summed E-state index contributed by atoms with van der Waals surface area (Å²) in [5.41, 5.74) is 0.925. The number of rotatable bonds is 2. The standard InChI is InChI=1S/C11H14O5/c1-5(2)3-7(12)6-4-8(13)11(15)10(16-11)9(6)14/h3-4,7-8,10,12-13,15H,1-2H3/t7-,8+,10+,11-/m0/s1. The minimum absolute atomic E-state index is 0.0703. The quantitative estimate of drug-likeness (QED) is 0.426. The van der Waals surface area contributed by atoms with Gasteiger partial charge in [0.25, 0.3) is 0 Å². The lowest BCUT2D eigenvalue weighted by atomic mass is 9.90. The lowest BCUT2D eigenvalue weighted by Crippen LogP contribution is -2.40. The maximum atomic E-state index is 11.7. The van der Waals surface area contributed by atoms with E-state index in [4.69, 9.17) is 4.74 Å². The molecule has 0 amide bonds. The molecule has 0 bridgehead atoms. The third kappa shape index (κ3) is 1.62. The van der Waals surface area contributed by atoms with Crippen LogP contribution < -0.4 is 0 Å². The molecule has 1 aliphatic heterocycles. The van der Waals surface area contributed by atoms with Crippen LogP contribution in [0.4, 0.5) is 0 Å². The Morgan fingerprint density at radius 2 is 2.25 bits per heavy atom. The van der Waals surface area contributed by atoms with Crippen LogP contribution in [0.2, 0.25) is 0 Å².